The molecule has 3 rings (SSSR count). The number of rotatable bonds is 5. The molecule has 2 aromatic rings. The Labute approximate surface area is 141 Å². The van der Waals surface area contributed by atoms with E-state index in [1.54, 1.807) is 0 Å². The van der Waals surface area contributed by atoms with Crippen molar-refractivity contribution in [2.45, 2.75) is 6.42 Å². The molecule has 0 N–H and O–H groups in total. The highest BCUT2D eigenvalue weighted by Gasteiger charge is 2.04. The number of hydrogen-bond acceptors (Lipinski definition) is 3. The van der Waals surface area contributed by atoms with E-state index < -0.39 is 0 Å². The van der Waals surface area contributed by atoms with E-state index in [0.717, 1.165) is 30.0 Å². The van der Waals surface area contributed by atoms with E-state index in [0.29, 0.717) is 18.2 Å². The molecule has 0 amide bonds. The molecule has 3 nitrogen and oxygen atoms in total. The first-order chi connectivity index (χ1) is 11.3. The van der Waals surface area contributed by atoms with Crippen LogP contribution in [-0.4, -0.2) is 26.0 Å². The van der Waals surface area contributed by atoms with Crippen LogP contribution in [0.5, 0.6) is 5.75 Å². The zero-order chi connectivity index (χ0) is 15.9. The molecule has 1 heterocycles. The number of ether oxygens (including phenoxy) is 2. The zero-order valence-corrected chi connectivity index (χ0v) is 13.5. The van der Waals surface area contributed by atoms with Gasteiger partial charge in [0.15, 0.2) is 0 Å². The molecule has 4 heteroatoms. The van der Waals surface area contributed by atoms with Gasteiger partial charge >= 0.3 is 0 Å². The van der Waals surface area contributed by atoms with Crippen molar-refractivity contribution in [3.8, 4) is 5.75 Å². The molecule has 118 valence electrons. The van der Waals surface area contributed by atoms with Crippen LogP contribution in [0.1, 0.15) is 12.0 Å². The maximum absolute atomic E-state index is 5.86. The van der Waals surface area contributed by atoms with Gasteiger partial charge in [-0.15, -0.1) is 0 Å². The number of benzene rings is 2. The van der Waals surface area contributed by atoms with Crippen LogP contribution in [0.4, 0.5) is 5.69 Å². The van der Waals surface area contributed by atoms with Gasteiger partial charge in [0.05, 0.1) is 18.9 Å². The summed E-state index contributed by atoms with van der Waals surface area (Å²) in [6, 6.07) is 15.3. The molecule has 1 aliphatic rings. The Balaban J connectivity index is 1.56. The average Bonchev–Trinajstić information content (AvgIpc) is 2.61. The van der Waals surface area contributed by atoms with E-state index in [4.69, 9.17) is 21.1 Å². The highest BCUT2D eigenvalue weighted by atomic mass is 35.5. The van der Waals surface area contributed by atoms with Crippen LogP contribution in [-0.2, 0) is 4.74 Å². The maximum atomic E-state index is 5.86. The van der Waals surface area contributed by atoms with E-state index in [9.17, 15) is 0 Å². The van der Waals surface area contributed by atoms with Crippen LogP contribution in [0.2, 0.25) is 5.02 Å². The lowest BCUT2D eigenvalue weighted by atomic mass is 10.2. The van der Waals surface area contributed by atoms with Gasteiger partial charge in [-0.3, -0.25) is 4.99 Å². The first-order valence-corrected chi connectivity index (χ1v) is 7.95. The third-order valence-corrected chi connectivity index (χ3v) is 3.80. The van der Waals surface area contributed by atoms with E-state index in [1.165, 1.54) is 5.57 Å². The van der Waals surface area contributed by atoms with Gasteiger partial charge in [-0.25, -0.2) is 0 Å². The lowest BCUT2D eigenvalue weighted by Gasteiger charge is -2.14. The minimum absolute atomic E-state index is 0.627. The summed E-state index contributed by atoms with van der Waals surface area (Å²) in [5.41, 5.74) is 3.20. The van der Waals surface area contributed by atoms with Crippen LogP contribution in [0.3, 0.4) is 0 Å². The lowest BCUT2D eigenvalue weighted by Crippen LogP contribution is -2.10. The second-order valence-electron chi connectivity index (χ2n) is 5.28. The second-order valence-corrected chi connectivity index (χ2v) is 5.72. The summed E-state index contributed by atoms with van der Waals surface area (Å²) in [5.74, 6) is 0.862. The summed E-state index contributed by atoms with van der Waals surface area (Å²) in [5, 5.41) is 0.713. The third kappa shape index (κ3) is 4.95. The molecular weight excluding hydrogens is 310 g/mol. The standard InChI is InChI=1S/C19H18ClNO2/c20-17-3-5-18(6-4-17)21-13-15-1-7-19(8-2-15)23-14-16-9-11-22-12-10-16/h1-9,13H,10-12,14H2. The monoisotopic (exact) mass is 327 g/mol. The highest BCUT2D eigenvalue weighted by Crippen LogP contribution is 2.17. The van der Waals surface area contributed by atoms with Gasteiger partial charge < -0.3 is 9.47 Å². The quantitative estimate of drug-likeness (QED) is 0.582. The van der Waals surface area contributed by atoms with Crippen molar-refractivity contribution >= 4 is 23.5 Å². The minimum atomic E-state index is 0.627. The van der Waals surface area contributed by atoms with Gasteiger partial charge in [0, 0.05) is 11.2 Å². The summed E-state index contributed by atoms with van der Waals surface area (Å²) in [6.45, 7) is 2.11. The Hall–Kier alpha value is -2.10. The van der Waals surface area contributed by atoms with Crippen LogP contribution in [0.15, 0.2) is 65.2 Å². The van der Waals surface area contributed by atoms with Crippen LogP contribution >= 0.6 is 11.6 Å². The molecule has 2 aromatic carbocycles. The largest absolute Gasteiger partial charge is 0.489 e. The highest BCUT2D eigenvalue weighted by molar-refractivity contribution is 6.30. The van der Waals surface area contributed by atoms with Crippen LogP contribution < -0.4 is 4.74 Å². The predicted molar refractivity (Wildman–Crippen MR) is 94.2 cm³/mol. The van der Waals surface area contributed by atoms with Gasteiger partial charge in [0.1, 0.15) is 12.4 Å². The van der Waals surface area contributed by atoms with Gasteiger partial charge in [-0.1, -0.05) is 17.7 Å². The Morgan fingerprint density at radius 3 is 2.57 bits per heavy atom. The van der Waals surface area contributed by atoms with Crippen LogP contribution in [0.25, 0.3) is 0 Å². The van der Waals surface area contributed by atoms with Crippen molar-refractivity contribution < 1.29 is 9.47 Å². The van der Waals surface area contributed by atoms with Crippen LogP contribution in [0, 0.1) is 0 Å². The number of halogens is 1. The lowest BCUT2D eigenvalue weighted by molar-refractivity contribution is 0.150. The summed E-state index contributed by atoms with van der Waals surface area (Å²) < 4.78 is 11.1. The fourth-order valence-electron chi connectivity index (χ4n) is 2.20. The van der Waals surface area contributed by atoms with Crippen molar-refractivity contribution in [2.75, 3.05) is 19.8 Å². The molecular formula is C19H18ClNO2. The molecule has 0 unspecified atom stereocenters. The number of aliphatic imine (C=N–C) groups is 1. The minimum Gasteiger partial charge on any atom is -0.489 e. The Morgan fingerprint density at radius 1 is 1.09 bits per heavy atom. The Bertz CT molecular complexity index is 690. The second kappa shape index (κ2) is 7.95. The molecule has 0 saturated heterocycles. The number of nitrogens with zero attached hydrogens (tertiary/aromatic N) is 1. The average molecular weight is 328 g/mol. The van der Waals surface area contributed by atoms with Crippen molar-refractivity contribution in [1.82, 2.24) is 0 Å². The predicted octanol–water partition coefficient (Wildman–Crippen LogP) is 4.82. The summed E-state index contributed by atoms with van der Waals surface area (Å²) in [7, 11) is 0. The molecule has 0 aromatic heterocycles. The molecule has 1 aliphatic heterocycles. The SMILES string of the molecule is Clc1ccc(N=Cc2ccc(OCC3=CCOCC3)cc2)cc1. The molecule has 23 heavy (non-hydrogen) atoms. The molecule has 0 aliphatic carbocycles. The molecule has 0 atom stereocenters. The van der Waals surface area contributed by atoms with Gasteiger partial charge in [-0.2, -0.15) is 0 Å². The topological polar surface area (TPSA) is 30.8 Å². The smallest absolute Gasteiger partial charge is 0.119 e. The summed E-state index contributed by atoms with van der Waals surface area (Å²) in [4.78, 5) is 4.42. The normalized spacial score (nSPS) is 14.7. The Kier molecular flexibility index (Phi) is 5.46. The fourth-order valence-corrected chi connectivity index (χ4v) is 2.32. The van der Waals surface area contributed by atoms with Crippen molar-refractivity contribution in [3.05, 3.63) is 70.8 Å². The van der Waals surface area contributed by atoms with Crippen molar-refractivity contribution in [3.63, 3.8) is 0 Å². The number of hydrogen-bond donors (Lipinski definition) is 0. The maximum Gasteiger partial charge on any atom is 0.119 e. The molecule has 0 fully saturated rings. The third-order valence-electron chi connectivity index (χ3n) is 3.55. The first-order valence-electron chi connectivity index (χ1n) is 7.58. The molecule has 0 radical (unpaired) electrons. The van der Waals surface area contributed by atoms with Gasteiger partial charge in [-0.05, 0) is 66.1 Å². The summed E-state index contributed by atoms with van der Waals surface area (Å²) in [6.07, 6.45) is 4.87. The van der Waals surface area contributed by atoms with E-state index in [1.807, 2.05) is 54.7 Å². The van der Waals surface area contributed by atoms with E-state index in [2.05, 4.69) is 11.1 Å². The molecule has 0 bridgehead atoms. The van der Waals surface area contributed by atoms with Crippen molar-refractivity contribution in [2.24, 2.45) is 4.99 Å². The summed E-state index contributed by atoms with van der Waals surface area (Å²) >= 11 is 5.86. The van der Waals surface area contributed by atoms with E-state index >= 15 is 0 Å². The molecule has 0 saturated carbocycles. The van der Waals surface area contributed by atoms with Gasteiger partial charge in [0.25, 0.3) is 0 Å². The fraction of sp³-hybridized carbons (Fsp3) is 0.211. The van der Waals surface area contributed by atoms with Crippen molar-refractivity contribution in [1.29, 1.82) is 0 Å². The molecule has 0 spiro atoms. The zero-order valence-electron chi connectivity index (χ0n) is 12.7. The Morgan fingerprint density at radius 2 is 1.87 bits per heavy atom. The van der Waals surface area contributed by atoms with Gasteiger partial charge in [0.2, 0.25) is 0 Å². The first kappa shape index (κ1) is 15.8. The van der Waals surface area contributed by atoms with E-state index in [-0.39, 0.29) is 0 Å².